The SMILES string of the molecule is CNc1cc(C(C)C)nc(CC(C)(C)C)n1. The van der Waals surface area contributed by atoms with E-state index in [0.29, 0.717) is 5.92 Å². The predicted molar refractivity (Wildman–Crippen MR) is 68.8 cm³/mol. The zero-order valence-corrected chi connectivity index (χ0v) is 11.3. The molecule has 0 radical (unpaired) electrons. The van der Waals surface area contributed by atoms with Crippen molar-refractivity contribution in [1.29, 1.82) is 0 Å². The van der Waals surface area contributed by atoms with Gasteiger partial charge in [-0.15, -0.1) is 0 Å². The van der Waals surface area contributed by atoms with Crippen molar-refractivity contribution in [1.82, 2.24) is 9.97 Å². The first-order chi connectivity index (χ1) is 7.31. The molecule has 16 heavy (non-hydrogen) atoms. The van der Waals surface area contributed by atoms with Crippen molar-refractivity contribution in [2.45, 2.75) is 47.0 Å². The first kappa shape index (κ1) is 12.9. The standard InChI is InChI=1S/C13H23N3/c1-9(2)10-7-11(14-6)16-12(15-10)8-13(3,4)5/h7,9H,8H2,1-6H3,(H,14,15,16). The van der Waals surface area contributed by atoms with Gasteiger partial charge in [-0.3, -0.25) is 0 Å². The fraction of sp³-hybridized carbons (Fsp3) is 0.692. The van der Waals surface area contributed by atoms with E-state index < -0.39 is 0 Å². The molecule has 1 aromatic rings. The van der Waals surface area contributed by atoms with Crippen molar-refractivity contribution in [3.8, 4) is 0 Å². The topological polar surface area (TPSA) is 37.8 Å². The van der Waals surface area contributed by atoms with E-state index in [2.05, 4.69) is 49.9 Å². The highest BCUT2D eigenvalue weighted by Crippen LogP contribution is 2.21. The molecule has 1 aromatic heterocycles. The predicted octanol–water partition coefficient (Wildman–Crippen LogP) is 3.23. The lowest BCUT2D eigenvalue weighted by Gasteiger charge is -2.18. The van der Waals surface area contributed by atoms with Crippen molar-refractivity contribution >= 4 is 5.82 Å². The summed E-state index contributed by atoms with van der Waals surface area (Å²) < 4.78 is 0. The van der Waals surface area contributed by atoms with E-state index in [1.165, 1.54) is 0 Å². The third-order valence-corrected chi connectivity index (χ3v) is 2.33. The first-order valence-corrected chi connectivity index (χ1v) is 5.87. The Morgan fingerprint density at radius 2 is 1.88 bits per heavy atom. The Labute approximate surface area is 98.7 Å². The molecule has 1 rings (SSSR count). The van der Waals surface area contributed by atoms with Gasteiger partial charge in [0.2, 0.25) is 0 Å². The minimum Gasteiger partial charge on any atom is -0.373 e. The fourth-order valence-electron chi connectivity index (χ4n) is 1.49. The number of nitrogens with one attached hydrogen (secondary N) is 1. The molecule has 0 aliphatic rings. The molecule has 1 N–H and O–H groups in total. The summed E-state index contributed by atoms with van der Waals surface area (Å²) in [6.45, 7) is 10.9. The fourth-order valence-corrected chi connectivity index (χ4v) is 1.49. The van der Waals surface area contributed by atoms with Crippen LogP contribution in [0.3, 0.4) is 0 Å². The van der Waals surface area contributed by atoms with Crippen LogP contribution in [-0.4, -0.2) is 17.0 Å². The molecule has 0 bridgehead atoms. The second-order valence-electron chi connectivity index (χ2n) is 5.74. The number of rotatable bonds is 3. The molecular formula is C13H23N3. The van der Waals surface area contributed by atoms with Crippen LogP contribution >= 0.6 is 0 Å². The second-order valence-corrected chi connectivity index (χ2v) is 5.74. The van der Waals surface area contributed by atoms with Gasteiger partial charge in [-0.05, 0) is 11.3 Å². The Kier molecular flexibility index (Phi) is 3.89. The Morgan fingerprint density at radius 3 is 2.31 bits per heavy atom. The Bertz CT molecular complexity index is 351. The molecule has 0 atom stereocenters. The quantitative estimate of drug-likeness (QED) is 0.851. The molecule has 0 saturated heterocycles. The smallest absolute Gasteiger partial charge is 0.131 e. The maximum Gasteiger partial charge on any atom is 0.131 e. The lowest BCUT2D eigenvalue weighted by Crippen LogP contribution is -2.14. The van der Waals surface area contributed by atoms with E-state index in [-0.39, 0.29) is 5.41 Å². The van der Waals surface area contributed by atoms with Crippen LogP contribution in [-0.2, 0) is 6.42 Å². The van der Waals surface area contributed by atoms with E-state index in [1.54, 1.807) is 0 Å². The summed E-state index contributed by atoms with van der Waals surface area (Å²) in [5.74, 6) is 2.29. The molecule has 0 spiro atoms. The van der Waals surface area contributed by atoms with Gasteiger partial charge < -0.3 is 5.32 Å². The van der Waals surface area contributed by atoms with Gasteiger partial charge in [-0.1, -0.05) is 34.6 Å². The summed E-state index contributed by atoms with van der Waals surface area (Å²) in [4.78, 5) is 9.11. The molecule has 3 nitrogen and oxygen atoms in total. The van der Waals surface area contributed by atoms with E-state index in [1.807, 2.05) is 13.1 Å². The van der Waals surface area contributed by atoms with Gasteiger partial charge in [0.15, 0.2) is 0 Å². The molecule has 0 unspecified atom stereocenters. The van der Waals surface area contributed by atoms with Crippen LogP contribution in [0.5, 0.6) is 0 Å². The van der Waals surface area contributed by atoms with Crippen LogP contribution < -0.4 is 5.32 Å². The van der Waals surface area contributed by atoms with Crippen LogP contribution in [0.25, 0.3) is 0 Å². The summed E-state index contributed by atoms with van der Waals surface area (Å²) in [6.07, 6.45) is 0.905. The normalized spacial score (nSPS) is 11.9. The second kappa shape index (κ2) is 4.81. The van der Waals surface area contributed by atoms with Crippen molar-refractivity contribution in [2.24, 2.45) is 5.41 Å². The summed E-state index contributed by atoms with van der Waals surface area (Å²) >= 11 is 0. The summed E-state index contributed by atoms with van der Waals surface area (Å²) in [6, 6.07) is 2.02. The Balaban J connectivity index is 3.04. The summed E-state index contributed by atoms with van der Waals surface area (Å²) in [7, 11) is 1.90. The van der Waals surface area contributed by atoms with Crippen LogP contribution in [0, 0.1) is 5.41 Å². The highest BCUT2D eigenvalue weighted by Gasteiger charge is 2.15. The Morgan fingerprint density at radius 1 is 1.25 bits per heavy atom. The molecule has 0 aliphatic heterocycles. The average molecular weight is 221 g/mol. The molecule has 0 aliphatic carbocycles. The first-order valence-electron chi connectivity index (χ1n) is 5.87. The highest BCUT2D eigenvalue weighted by atomic mass is 15.0. The minimum absolute atomic E-state index is 0.223. The van der Waals surface area contributed by atoms with Crippen LogP contribution in [0.4, 0.5) is 5.82 Å². The summed E-state index contributed by atoms with van der Waals surface area (Å²) in [5, 5.41) is 3.10. The van der Waals surface area contributed by atoms with E-state index in [0.717, 1.165) is 23.8 Å². The minimum atomic E-state index is 0.223. The van der Waals surface area contributed by atoms with Crippen molar-refractivity contribution in [3.63, 3.8) is 0 Å². The Hall–Kier alpha value is -1.12. The molecule has 90 valence electrons. The van der Waals surface area contributed by atoms with Gasteiger partial charge in [0.05, 0.1) is 0 Å². The lowest BCUT2D eigenvalue weighted by atomic mass is 9.92. The van der Waals surface area contributed by atoms with Crippen LogP contribution in [0.15, 0.2) is 6.07 Å². The third kappa shape index (κ3) is 3.80. The van der Waals surface area contributed by atoms with Crippen molar-refractivity contribution < 1.29 is 0 Å². The van der Waals surface area contributed by atoms with Crippen molar-refractivity contribution in [2.75, 3.05) is 12.4 Å². The monoisotopic (exact) mass is 221 g/mol. The maximum atomic E-state index is 4.62. The molecular weight excluding hydrogens is 198 g/mol. The van der Waals surface area contributed by atoms with Gasteiger partial charge in [-0.25, -0.2) is 9.97 Å². The van der Waals surface area contributed by atoms with E-state index in [4.69, 9.17) is 0 Å². The number of hydrogen-bond acceptors (Lipinski definition) is 3. The summed E-state index contributed by atoms with van der Waals surface area (Å²) in [5.41, 5.74) is 1.33. The van der Waals surface area contributed by atoms with Crippen LogP contribution in [0.1, 0.15) is 52.1 Å². The average Bonchev–Trinajstić information content (AvgIpc) is 2.14. The molecule has 0 saturated carbocycles. The maximum absolute atomic E-state index is 4.62. The number of nitrogens with zero attached hydrogens (tertiary/aromatic N) is 2. The van der Waals surface area contributed by atoms with Crippen LogP contribution in [0.2, 0.25) is 0 Å². The van der Waals surface area contributed by atoms with E-state index in [9.17, 15) is 0 Å². The van der Waals surface area contributed by atoms with Gasteiger partial charge in [0.25, 0.3) is 0 Å². The molecule has 0 fully saturated rings. The van der Waals surface area contributed by atoms with E-state index >= 15 is 0 Å². The molecule has 1 heterocycles. The number of anilines is 1. The number of hydrogen-bond donors (Lipinski definition) is 1. The lowest BCUT2D eigenvalue weighted by molar-refractivity contribution is 0.400. The van der Waals surface area contributed by atoms with Gasteiger partial charge >= 0.3 is 0 Å². The molecule has 0 aromatic carbocycles. The zero-order chi connectivity index (χ0) is 12.3. The molecule has 0 amide bonds. The third-order valence-electron chi connectivity index (χ3n) is 2.33. The number of aromatic nitrogens is 2. The highest BCUT2D eigenvalue weighted by molar-refractivity contribution is 5.36. The van der Waals surface area contributed by atoms with Gasteiger partial charge in [-0.2, -0.15) is 0 Å². The molecule has 3 heteroatoms. The largest absolute Gasteiger partial charge is 0.373 e. The van der Waals surface area contributed by atoms with Gasteiger partial charge in [0, 0.05) is 25.2 Å². The van der Waals surface area contributed by atoms with Gasteiger partial charge in [0.1, 0.15) is 11.6 Å². The zero-order valence-electron chi connectivity index (χ0n) is 11.3. The van der Waals surface area contributed by atoms with Crippen molar-refractivity contribution in [3.05, 3.63) is 17.6 Å².